The van der Waals surface area contributed by atoms with Crippen molar-refractivity contribution in [2.45, 2.75) is 40.7 Å². The van der Waals surface area contributed by atoms with Crippen molar-refractivity contribution in [3.05, 3.63) is 131 Å². The Hall–Kier alpha value is -4.24. The lowest BCUT2D eigenvalue weighted by molar-refractivity contribution is 1.09. The number of fused-ring (bicyclic) bond motifs is 2. The summed E-state index contributed by atoms with van der Waals surface area (Å²) in [6, 6.07) is 37.0. The Morgan fingerprint density at radius 1 is 0.676 bits per heavy atom. The fourth-order valence-corrected chi connectivity index (χ4v) is 3.46. The van der Waals surface area contributed by atoms with Gasteiger partial charge in [-0.3, -0.25) is 10.4 Å². The van der Waals surface area contributed by atoms with Crippen LogP contribution in [-0.2, 0) is 6.54 Å². The van der Waals surface area contributed by atoms with E-state index in [1.165, 1.54) is 39.3 Å². The number of aliphatic imine (C=N–C) groups is 1. The van der Waals surface area contributed by atoms with Gasteiger partial charge in [-0.1, -0.05) is 128 Å². The molecule has 3 nitrogen and oxygen atoms in total. The van der Waals surface area contributed by atoms with Gasteiger partial charge in [-0.05, 0) is 59.8 Å². The van der Waals surface area contributed by atoms with Gasteiger partial charge in [-0.2, -0.15) is 0 Å². The van der Waals surface area contributed by atoms with E-state index in [1.807, 2.05) is 54.6 Å². The molecule has 3 N–H and O–H groups in total. The monoisotopic (exact) mass is 489 g/mol. The number of nitrogens with one attached hydrogen (secondary N) is 1. The van der Waals surface area contributed by atoms with Gasteiger partial charge in [0.2, 0.25) is 0 Å². The van der Waals surface area contributed by atoms with E-state index in [1.54, 1.807) is 0 Å². The highest BCUT2D eigenvalue weighted by atomic mass is 14.7. The molecule has 0 saturated heterocycles. The van der Waals surface area contributed by atoms with Crippen LogP contribution >= 0.6 is 0 Å². The van der Waals surface area contributed by atoms with Crippen LogP contribution in [0.25, 0.3) is 21.5 Å². The molecule has 37 heavy (non-hydrogen) atoms. The number of nitrogen functional groups attached to an aromatic ring is 1. The van der Waals surface area contributed by atoms with Gasteiger partial charge in [0.15, 0.2) is 0 Å². The van der Waals surface area contributed by atoms with Gasteiger partial charge >= 0.3 is 0 Å². The molecule has 0 unspecified atom stereocenters. The van der Waals surface area contributed by atoms with E-state index in [2.05, 4.69) is 94.0 Å². The summed E-state index contributed by atoms with van der Waals surface area (Å²) < 4.78 is 0. The number of hydrogen-bond acceptors (Lipinski definition) is 2. The molecule has 0 aliphatic heterocycles. The predicted octanol–water partition coefficient (Wildman–Crippen LogP) is 8.88. The maximum Gasteiger partial charge on any atom is 0.122 e. The average Bonchev–Trinajstić information content (AvgIpc) is 2.91. The molecule has 0 radical (unpaired) electrons. The van der Waals surface area contributed by atoms with Crippen molar-refractivity contribution in [3.8, 4) is 0 Å². The number of benzene rings is 5. The summed E-state index contributed by atoms with van der Waals surface area (Å²) in [4.78, 5) is 3.86. The largest absolute Gasteiger partial charge is 0.384 e. The van der Waals surface area contributed by atoms with Crippen LogP contribution in [0.15, 0.2) is 114 Å². The van der Waals surface area contributed by atoms with Gasteiger partial charge in [0.25, 0.3) is 0 Å². The molecule has 3 heteroatoms. The Bertz CT molecular complexity index is 1380. The van der Waals surface area contributed by atoms with Gasteiger partial charge in [-0.15, -0.1) is 0 Å². The first-order chi connectivity index (χ1) is 17.9. The lowest BCUT2D eigenvalue weighted by atomic mass is 10.1. The smallest absolute Gasteiger partial charge is 0.122 e. The first-order valence-corrected chi connectivity index (χ1v) is 12.6. The number of hydrogen-bond donors (Lipinski definition) is 2. The normalized spacial score (nSPS) is 9.62. The van der Waals surface area contributed by atoms with E-state index < -0.39 is 0 Å². The predicted molar refractivity (Wildman–Crippen MR) is 164 cm³/mol. The zero-order valence-electron chi connectivity index (χ0n) is 22.5. The third-order valence-electron chi connectivity index (χ3n) is 5.39. The molecule has 0 aromatic heterocycles. The summed E-state index contributed by atoms with van der Waals surface area (Å²) >= 11 is 0. The molecule has 0 aliphatic rings. The zero-order valence-corrected chi connectivity index (χ0v) is 22.5. The van der Waals surface area contributed by atoms with Crippen molar-refractivity contribution in [2.24, 2.45) is 10.7 Å². The lowest BCUT2D eigenvalue weighted by Gasteiger charge is -2.00. The first kappa shape index (κ1) is 29.0. The van der Waals surface area contributed by atoms with E-state index in [4.69, 9.17) is 11.1 Å². The van der Waals surface area contributed by atoms with Crippen LogP contribution in [0.5, 0.6) is 0 Å². The summed E-state index contributed by atoms with van der Waals surface area (Å²) in [7, 11) is 0. The van der Waals surface area contributed by atoms with Crippen LogP contribution in [0.4, 0.5) is 0 Å². The molecule has 0 atom stereocenters. The van der Waals surface area contributed by atoms with Gasteiger partial charge in [0.1, 0.15) is 5.84 Å². The Morgan fingerprint density at radius 3 is 1.57 bits per heavy atom. The molecular formula is C34H39N3. The standard InChI is InChI=1S/C12H11N.C11H10N2.C8H10.C3H8/c1-13-9-10-6-7-11-4-2-3-5-12(11)8-10;12-11(13)10-6-5-8-3-1-2-4-9(8)7-10;1-7-3-5-8(2)6-4-7;1-3-2/h2-8H,1,9H2;1-7H,(H3,12,13);3-6H,1-2H3;3H2,1-2H3. The van der Waals surface area contributed by atoms with Crippen LogP contribution in [0, 0.1) is 19.3 Å². The third kappa shape index (κ3) is 10.1. The minimum Gasteiger partial charge on any atom is -0.384 e. The van der Waals surface area contributed by atoms with Crippen LogP contribution in [0.1, 0.15) is 42.5 Å². The Balaban J connectivity index is 0.000000190. The molecule has 0 fully saturated rings. The third-order valence-corrected chi connectivity index (χ3v) is 5.39. The van der Waals surface area contributed by atoms with E-state index in [9.17, 15) is 0 Å². The number of rotatable bonds is 3. The highest BCUT2D eigenvalue weighted by Gasteiger charge is 1.97. The highest BCUT2D eigenvalue weighted by molar-refractivity contribution is 5.99. The molecular weight excluding hydrogens is 450 g/mol. The van der Waals surface area contributed by atoms with Gasteiger partial charge in [-0.25, -0.2) is 0 Å². The van der Waals surface area contributed by atoms with Crippen molar-refractivity contribution in [1.29, 1.82) is 5.41 Å². The number of aryl methyl sites for hydroxylation is 2. The Labute approximate surface area is 222 Å². The van der Waals surface area contributed by atoms with E-state index in [-0.39, 0.29) is 5.84 Å². The Morgan fingerprint density at radius 2 is 1.11 bits per heavy atom. The van der Waals surface area contributed by atoms with E-state index >= 15 is 0 Å². The quantitative estimate of drug-likeness (QED) is 0.193. The van der Waals surface area contributed by atoms with E-state index in [0.717, 1.165) is 10.9 Å². The maximum absolute atomic E-state index is 7.29. The number of amidine groups is 1. The fraction of sp³-hybridized carbons (Fsp3) is 0.176. The zero-order chi connectivity index (χ0) is 27.0. The summed E-state index contributed by atoms with van der Waals surface area (Å²) in [5.74, 6) is 0.116. The van der Waals surface area contributed by atoms with Crippen LogP contribution in [0.3, 0.4) is 0 Å². The molecule has 0 bridgehead atoms. The molecule has 5 rings (SSSR count). The van der Waals surface area contributed by atoms with Gasteiger partial charge < -0.3 is 5.73 Å². The molecule has 190 valence electrons. The van der Waals surface area contributed by atoms with Crippen molar-refractivity contribution < 1.29 is 0 Å². The Kier molecular flexibility index (Phi) is 12.3. The first-order valence-electron chi connectivity index (χ1n) is 12.6. The summed E-state index contributed by atoms with van der Waals surface area (Å²) in [6.07, 6.45) is 1.25. The van der Waals surface area contributed by atoms with Gasteiger partial charge in [0.05, 0.1) is 6.54 Å². The maximum atomic E-state index is 7.29. The van der Waals surface area contributed by atoms with Crippen LogP contribution in [0.2, 0.25) is 0 Å². The van der Waals surface area contributed by atoms with Crippen LogP contribution < -0.4 is 5.73 Å². The molecule has 5 aromatic carbocycles. The van der Waals surface area contributed by atoms with Crippen molar-refractivity contribution in [3.63, 3.8) is 0 Å². The molecule has 0 spiro atoms. The van der Waals surface area contributed by atoms with Crippen molar-refractivity contribution in [1.82, 2.24) is 0 Å². The second-order valence-electron chi connectivity index (χ2n) is 8.90. The second kappa shape index (κ2) is 15.7. The molecule has 0 aliphatic carbocycles. The summed E-state index contributed by atoms with van der Waals surface area (Å²) in [5.41, 5.74) is 10.0. The van der Waals surface area contributed by atoms with Crippen LogP contribution in [-0.4, -0.2) is 12.6 Å². The van der Waals surface area contributed by atoms with Gasteiger partial charge in [0, 0.05) is 5.56 Å². The minimum absolute atomic E-state index is 0.116. The fourth-order valence-electron chi connectivity index (χ4n) is 3.46. The summed E-state index contributed by atoms with van der Waals surface area (Å²) in [5, 5.41) is 12.1. The lowest BCUT2D eigenvalue weighted by Crippen LogP contribution is -2.10. The average molecular weight is 490 g/mol. The number of nitrogens with two attached hydrogens (primary N) is 1. The summed E-state index contributed by atoms with van der Waals surface area (Å²) in [6.45, 7) is 12.6. The van der Waals surface area contributed by atoms with Crippen molar-refractivity contribution in [2.75, 3.05) is 0 Å². The molecule has 0 heterocycles. The highest BCUT2D eigenvalue weighted by Crippen LogP contribution is 2.16. The van der Waals surface area contributed by atoms with Crippen molar-refractivity contribution >= 4 is 34.1 Å². The molecule has 5 aromatic rings. The minimum atomic E-state index is 0.116. The molecule has 0 saturated carbocycles. The second-order valence-corrected chi connectivity index (χ2v) is 8.90. The van der Waals surface area contributed by atoms with E-state index in [0.29, 0.717) is 6.54 Å². The number of nitrogens with zero attached hydrogens (tertiary/aromatic N) is 1. The topological polar surface area (TPSA) is 62.2 Å². The molecule has 0 amide bonds. The SMILES string of the molecule is C=NCc1ccc2ccccc2c1.CCC.Cc1ccc(C)cc1.N=C(N)c1ccc2ccccc2c1.